The lowest BCUT2D eigenvalue weighted by molar-refractivity contribution is -0.0586. The zero-order chi connectivity index (χ0) is 29.1. The van der Waals surface area contributed by atoms with Crippen molar-refractivity contribution in [3.05, 3.63) is 76.5 Å². The van der Waals surface area contributed by atoms with Gasteiger partial charge in [0.1, 0.15) is 17.3 Å². The van der Waals surface area contributed by atoms with Gasteiger partial charge >= 0.3 is 12.0 Å². The Balaban J connectivity index is 1.23. The Bertz CT molecular complexity index is 1590. The van der Waals surface area contributed by atoms with Crippen molar-refractivity contribution < 1.29 is 28.9 Å². The van der Waals surface area contributed by atoms with Crippen molar-refractivity contribution in [1.29, 1.82) is 0 Å². The average molecular weight is 591 g/mol. The lowest BCUT2D eigenvalue weighted by atomic mass is 10.1. The lowest BCUT2D eigenvalue weighted by Crippen LogP contribution is -2.29. The first-order chi connectivity index (χ1) is 20.5. The third kappa shape index (κ3) is 5.77. The van der Waals surface area contributed by atoms with Crippen LogP contribution >= 0.6 is 11.3 Å². The SMILES string of the molecule is CCNC(=O)Nc1ncnc2c1ncn2C1CC(COCc2ccsc2C(=O)O)C2OC(C=Cc3ccccc3)OC21. The molecular formula is C29H30N6O6S. The second-order valence-electron chi connectivity index (χ2n) is 10.0. The number of urea groups is 1. The van der Waals surface area contributed by atoms with Crippen molar-refractivity contribution in [2.75, 3.05) is 18.5 Å². The van der Waals surface area contributed by atoms with Crippen LogP contribution in [0, 0.1) is 5.92 Å². The molecule has 3 aromatic heterocycles. The van der Waals surface area contributed by atoms with Crippen molar-refractivity contribution in [2.24, 2.45) is 5.92 Å². The Kier molecular flexibility index (Phi) is 8.24. The molecule has 0 radical (unpaired) electrons. The number of carbonyl (C=O) groups is 2. The number of hydrogen-bond acceptors (Lipinski definition) is 9. The van der Waals surface area contributed by atoms with Gasteiger partial charge in [0.25, 0.3) is 0 Å². The number of thiophene rings is 1. The van der Waals surface area contributed by atoms with Crippen molar-refractivity contribution in [2.45, 2.75) is 44.5 Å². The zero-order valence-electron chi connectivity index (χ0n) is 22.8. The monoisotopic (exact) mass is 590 g/mol. The highest BCUT2D eigenvalue weighted by molar-refractivity contribution is 7.12. The van der Waals surface area contributed by atoms with Gasteiger partial charge in [-0.3, -0.25) is 5.32 Å². The van der Waals surface area contributed by atoms with Crippen LogP contribution in [0.5, 0.6) is 0 Å². The second kappa shape index (κ2) is 12.4. The van der Waals surface area contributed by atoms with Crippen LogP contribution in [0.25, 0.3) is 17.2 Å². The fourth-order valence-corrected chi connectivity index (χ4v) is 6.25. The number of carboxylic acids is 1. The average Bonchev–Trinajstić information content (AvgIpc) is 3.77. The summed E-state index contributed by atoms with van der Waals surface area (Å²) in [4.78, 5) is 37.2. The summed E-state index contributed by atoms with van der Waals surface area (Å²) in [6, 6.07) is 11.1. The number of benzene rings is 1. The topological polar surface area (TPSA) is 150 Å². The Hall–Kier alpha value is -4.17. The molecule has 5 atom stereocenters. The van der Waals surface area contributed by atoms with E-state index in [1.807, 2.05) is 54.0 Å². The number of amides is 2. The molecule has 2 aliphatic rings. The summed E-state index contributed by atoms with van der Waals surface area (Å²) in [7, 11) is 0. The number of imidazole rings is 1. The minimum absolute atomic E-state index is 0.0331. The number of aromatic nitrogens is 4. The number of carbonyl (C=O) groups excluding carboxylic acids is 1. The molecule has 1 saturated heterocycles. The summed E-state index contributed by atoms with van der Waals surface area (Å²) < 4.78 is 20.8. The van der Waals surface area contributed by atoms with Gasteiger partial charge in [-0.25, -0.2) is 24.5 Å². The Labute approximate surface area is 245 Å². The maximum absolute atomic E-state index is 12.1. The summed E-state index contributed by atoms with van der Waals surface area (Å²) >= 11 is 1.18. The van der Waals surface area contributed by atoms with Gasteiger partial charge in [0.15, 0.2) is 23.3 Å². The molecule has 42 heavy (non-hydrogen) atoms. The number of ether oxygens (including phenoxy) is 3. The number of hydrogen-bond donors (Lipinski definition) is 3. The van der Waals surface area contributed by atoms with Crippen molar-refractivity contribution in [3.8, 4) is 0 Å². The van der Waals surface area contributed by atoms with E-state index in [4.69, 9.17) is 14.2 Å². The molecule has 2 amide bonds. The van der Waals surface area contributed by atoms with Gasteiger partial charge in [-0.2, -0.15) is 0 Å². The molecule has 5 unspecified atom stereocenters. The smallest absolute Gasteiger partial charge is 0.346 e. The normalized spacial score (nSPS) is 23.4. The van der Waals surface area contributed by atoms with E-state index in [1.165, 1.54) is 17.7 Å². The van der Waals surface area contributed by atoms with Gasteiger partial charge in [-0.1, -0.05) is 36.4 Å². The quantitative estimate of drug-likeness (QED) is 0.245. The maximum atomic E-state index is 12.1. The fraction of sp³-hybridized carbons (Fsp3) is 0.345. The van der Waals surface area contributed by atoms with E-state index in [0.717, 1.165) is 5.56 Å². The van der Waals surface area contributed by atoms with E-state index in [9.17, 15) is 14.7 Å². The summed E-state index contributed by atoms with van der Waals surface area (Å²) in [6.45, 7) is 2.86. The van der Waals surface area contributed by atoms with Crippen LogP contribution < -0.4 is 10.6 Å². The highest BCUT2D eigenvalue weighted by Gasteiger charge is 2.52. The number of nitrogens with zero attached hydrogens (tertiary/aromatic N) is 4. The number of fused-ring (bicyclic) bond motifs is 2. The largest absolute Gasteiger partial charge is 0.477 e. The first kappa shape index (κ1) is 28.0. The molecule has 4 heterocycles. The van der Waals surface area contributed by atoms with Crippen molar-refractivity contribution >= 4 is 46.4 Å². The van der Waals surface area contributed by atoms with Gasteiger partial charge in [0, 0.05) is 18.0 Å². The molecule has 13 heteroatoms. The van der Waals surface area contributed by atoms with Crippen LogP contribution in [0.2, 0.25) is 0 Å². The molecule has 6 rings (SSSR count). The predicted molar refractivity (Wildman–Crippen MR) is 155 cm³/mol. The van der Waals surface area contributed by atoms with Crippen LogP contribution in [-0.4, -0.2) is 68.3 Å². The first-order valence-electron chi connectivity index (χ1n) is 13.7. The fourth-order valence-electron chi connectivity index (χ4n) is 5.50. The van der Waals surface area contributed by atoms with Crippen molar-refractivity contribution in [1.82, 2.24) is 24.8 Å². The van der Waals surface area contributed by atoms with Crippen LogP contribution in [0.3, 0.4) is 0 Å². The first-order valence-corrected chi connectivity index (χ1v) is 14.5. The molecule has 12 nitrogen and oxygen atoms in total. The van der Waals surface area contributed by atoms with Gasteiger partial charge < -0.3 is 29.2 Å². The standard InChI is InChI=1S/C29H30N6O6S/c1-2-30-29(38)34-26-22-27(32-15-31-26)35(16-33-22)20-12-19(14-39-13-18-10-11-42-25(18)28(36)37)23-24(20)41-21(40-23)9-8-17-6-4-3-5-7-17/h3-11,15-16,19-21,23-24H,2,12-14H2,1H3,(H,36,37)(H2,30,31,32,34,38). The highest BCUT2D eigenvalue weighted by Crippen LogP contribution is 2.45. The van der Waals surface area contributed by atoms with Crippen LogP contribution in [0.15, 0.2) is 60.5 Å². The Morgan fingerprint density at radius 3 is 2.81 bits per heavy atom. The minimum atomic E-state index is -0.958. The molecule has 1 aliphatic carbocycles. The van der Waals surface area contributed by atoms with E-state index in [-0.39, 0.29) is 41.7 Å². The summed E-state index contributed by atoms with van der Waals surface area (Å²) in [5, 5.41) is 16.6. The third-order valence-corrected chi connectivity index (χ3v) is 8.30. The number of rotatable bonds is 10. The zero-order valence-corrected chi connectivity index (χ0v) is 23.6. The van der Waals surface area contributed by atoms with E-state index >= 15 is 0 Å². The van der Waals surface area contributed by atoms with Gasteiger partial charge in [-0.15, -0.1) is 11.3 Å². The van der Waals surface area contributed by atoms with E-state index in [0.29, 0.717) is 42.1 Å². The summed E-state index contributed by atoms with van der Waals surface area (Å²) in [5.41, 5.74) is 2.72. The van der Waals surface area contributed by atoms with Crippen molar-refractivity contribution in [3.63, 3.8) is 0 Å². The van der Waals surface area contributed by atoms with Gasteiger partial charge in [0.05, 0.1) is 31.7 Å². The van der Waals surface area contributed by atoms with E-state index in [2.05, 4.69) is 25.6 Å². The number of aromatic carboxylic acids is 1. The molecule has 0 spiro atoms. The molecule has 1 aromatic carbocycles. The number of nitrogens with one attached hydrogen (secondary N) is 2. The van der Waals surface area contributed by atoms with Gasteiger partial charge in [0.2, 0.25) is 0 Å². The lowest BCUT2D eigenvalue weighted by Gasteiger charge is -2.19. The second-order valence-corrected chi connectivity index (χ2v) is 10.9. The number of carboxylic acid groups (broad SMARTS) is 1. The molecule has 1 saturated carbocycles. The molecular weight excluding hydrogens is 560 g/mol. The molecule has 0 bridgehead atoms. The Morgan fingerprint density at radius 2 is 2.00 bits per heavy atom. The molecule has 3 N–H and O–H groups in total. The summed E-state index contributed by atoms with van der Waals surface area (Å²) in [5.74, 6) is -0.675. The predicted octanol–water partition coefficient (Wildman–Crippen LogP) is 4.33. The van der Waals surface area contributed by atoms with Crippen LogP contribution in [-0.2, 0) is 20.8 Å². The Morgan fingerprint density at radius 1 is 1.17 bits per heavy atom. The minimum Gasteiger partial charge on any atom is -0.477 e. The molecule has 4 aromatic rings. The molecule has 2 fully saturated rings. The third-order valence-electron chi connectivity index (χ3n) is 7.36. The number of anilines is 1. The van der Waals surface area contributed by atoms with E-state index < -0.39 is 12.3 Å². The van der Waals surface area contributed by atoms with Crippen LogP contribution in [0.1, 0.15) is 40.2 Å². The molecule has 1 aliphatic heterocycles. The van der Waals surface area contributed by atoms with E-state index in [1.54, 1.807) is 17.8 Å². The summed E-state index contributed by atoms with van der Waals surface area (Å²) in [6.07, 6.45) is 6.47. The molecule has 218 valence electrons. The maximum Gasteiger partial charge on any atom is 0.346 e. The van der Waals surface area contributed by atoms with Crippen LogP contribution in [0.4, 0.5) is 10.6 Å². The highest BCUT2D eigenvalue weighted by atomic mass is 32.1. The van der Waals surface area contributed by atoms with Gasteiger partial charge in [-0.05, 0) is 36.4 Å².